The second-order valence-corrected chi connectivity index (χ2v) is 12.8. The van der Waals surface area contributed by atoms with Gasteiger partial charge in [-0.15, -0.1) is 0 Å². The number of aromatic nitrogens is 3. The maximum atomic E-state index is 14.2. The lowest BCUT2D eigenvalue weighted by Gasteiger charge is -2.24. The van der Waals surface area contributed by atoms with Gasteiger partial charge in [-0.1, -0.05) is 49.7 Å². The van der Waals surface area contributed by atoms with Gasteiger partial charge in [0.25, 0.3) is 5.56 Å². The third-order valence-corrected chi connectivity index (χ3v) is 9.28. The predicted molar refractivity (Wildman–Crippen MR) is 200 cm³/mol. The zero-order valence-electron chi connectivity index (χ0n) is 29.7. The van der Waals surface area contributed by atoms with Crippen molar-refractivity contribution < 1.29 is 14.2 Å². The SMILES string of the molecule is CCCCNc1nc(N(Cc2ccc(OC)cc2)Cc2ccc(OC)cc2)nc2ccn(Cc3ccc(CN4CCCC4)cc3OC)c(=O)c12. The Morgan fingerprint density at radius 2 is 1.42 bits per heavy atom. The Kier molecular flexibility index (Phi) is 11.5. The molecule has 2 aromatic heterocycles. The van der Waals surface area contributed by atoms with Crippen LogP contribution in [0.3, 0.4) is 0 Å². The van der Waals surface area contributed by atoms with E-state index in [4.69, 9.17) is 24.2 Å². The number of rotatable bonds is 16. The first-order chi connectivity index (χ1) is 24.5. The minimum Gasteiger partial charge on any atom is -0.497 e. The van der Waals surface area contributed by atoms with Gasteiger partial charge in [0.1, 0.15) is 28.5 Å². The molecule has 262 valence electrons. The standard InChI is InChI=1S/C40H48N6O4/c1-5-6-20-41-38-37-35(19-23-45(39(37)47)28-32-14-9-31(24-36(32)50-4)25-44-21-7-8-22-44)42-40(43-38)46(26-29-10-15-33(48-2)16-11-29)27-30-12-17-34(49-3)18-13-30/h9-19,23-24H,5-8,20-22,25-28H2,1-4H3,(H,41,42,43). The Hall–Kier alpha value is -5.09. The third-order valence-electron chi connectivity index (χ3n) is 9.28. The topological polar surface area (TPSA) is 94.0 Å². The van der Waals surface area contributed by atoms with Crippen molar-refractivity contribution >= 4 is 22.7 Å². The van der Waals surface area contributed by atoms with Crippen LogP contribution in [0.1, 0.15) is 54.9 Å². The van der Waals surface area contributed by atoms with Crippen LogP contribution in [0.15, 0.2) is 83.8 Å². The van der Waals surface area contributed by atoms with Gasteiger partial charge in [0.2, 0.25) is 5.95 Å². The number of hydrogen-bond acceptors (Lipinski definition) is 9. The Labute approximate surface area is 294 Å². The number of anilines is 2. The molecule has 1 saturated heterocycles. The first-order valence-electron chi connectivity index (χ1n) is 17.5. The van der Waals surface area contributed by atoms with Gasteiger partial charge >= 0.3 is 0 Å². The summed E-state index contributed by atoms with van der Waals surface area (Å²) in [5.74, 6) is 3.46. The van der Waals surface area contributed by atoms with E-state index in [0.29, 0.717) is 48.8 Å². The fourth-order valence-electron chi connectivity index (χ4n) is 6.45. The first kappa shape index (κ1) is 34.8. The number of likely N-dealkylation sites (tertiary alicyclic amines) is 1. The molecule has 0 unspecified atom stereocenters. The van der Waals surface area contributed by atoms with Gasteiger partial charge in [0.05, 0.1) is 33.4 Å². The molecule has 0 aliphatic carbocycles. The highest BCUT2D eigenvalue weighted by Crippen LogP contribution is 2.27. The van der Waals surface area contributed by atoms with E-state index in [1.807, 2.05) is 60.8 Å². The van der Waals surface area contributed by atoms with Crippen LogP contribution in [0.2, 0.25) is 0 Å². The van der Waals surface area contributed by atoms with E-state index in [-0.39, 0.29) is 5.56 Å². The van der Waals surface area contributed by atoms with Gasteiger partial charge in [0.15, 0.2) is 0 Å². The van der Waals surface area contributed by atoms with Gasteiger partial charge in [-0.25, -0.2) is 4.98 Å². The maximum absolute atomic E-state index is 14.2. The van der Waals surface area contributed by atoms with Gasteiger partial charge in [-0.2, -0.15) is 4.98 Å². The van der Waals surface area contributed by atoms with E-state index in [1.165, 1.54) is 18.4 Å². The van der Waals surface area contributed by atoms with Crippen molar-refractivity contribution in [3.05, 3.63) is 112 Å². The summed E-state index contributed by atoms with van der Waals surface area (Å²) in [6.07, 6.45) is 6.30. The number of pyridine rings is 1. The van der Waals surface area contributed by atoms with Crippen molar-refractivity contribution in [2.75, 3.05) is 51.2 Å². The summed E-state index contributed by atoms with van der Waals surface area (Å²) >= 11 is 0. The van der Waals surface area contributed by atoms with Crippen LogP contribution in [0.4, 0.5) is 11.8 Å². The van der Waals surface area contributed by atoms with Crippen LogP contribution in [-0.2, 0) is 26.2 Å². The van der Waals surface area contributed by atoms with E-state index in [0.717, 1.165) is 66.4 Å². The summed E-state index contributed by atoms with van der Waals surface area (Å²) in [6, 6.07) is 24.3. The van der Waals surface area contributed by atoms with Crippen molar-refractivity contribution in [3.8, 4) is 17.2 Å². The predicted octanol–water partition coefficient (Wildman–Crippen LogP) is 6.88. The van der Waals surface area contributed by atoms with Crippen LogP contribution >= 0.6 is 0 Å². The van der Waals surface area contributed by atoms with Gasteiger partial charge in [-0.05, 0) is 85.4 Å². The molecule has 10 nitrogen and oxygen atoms in total. The lowest BCUT2D eigenvalue weighted by Crippen LogP contribution is -2.27. The van der Waals surface area contributed by atoms with E-state index in [2.05, 4.69) is 40.2 Å². The van der Waals surface area contributed by atoms with Crippen LogP contribution in [0.5, 0.6) is 17.2 Å². The molecule has 50 heavy (non-hydrogen) atoms. The molecule has 3 aromatic carbocycles. The summed E-state index contributed by atoms with van der Waals surface area (Å²) < 4.78 is 18.3. The van der Waals surface area contributed by atoms with Crippen molar-refractivity contribution in [3.63, 3.8) is 0 Å². The summed E-state index contributed by atoms with van der Waals surface area (Å²) in [4.78, 5) is 28.9. The summed E-state index contributed by atoms with van der Waals surface area (Å²) in [7, 11) is 5.02. The Balaban J connectivity index is 1.36. The fourth-order valence-corrected chi connectivity index (χ4v) is 6.45. The average molecular weight is 677 g/mol. The summed E-state index contributed by atoms with van der Waals surface area (Å²) in [5.41, 5.74) is 4.78. The zero-order chi connectivity index (χ0) is 34.9. The normalized spacial score (nSPS) is 13.0. The number of nitrogens with zero attached hydrogens (tertiary/aromatic N) is 5. The molecule has 1 aliphatic rings. The quantitative estimate of drug-likeness (QED) is 0.112. The van der Waals surface area contributed by atoms with E-state index < -0.39 is 0 Å². The van der Waals surface area contributed by atoms with E-state index in [1.54, 1.807) is 25.9 Å². The number of ether oxygens (including phenoxy) is 3. The second kappa shape index (κ2) is 16.5. The number of methoxy groups -OCH3 is 3. The molecule has 1 fully saturated rings. The zero-order valence-corrected chi connectivity index (χ0v) is 29.7. The summed E-state index contributed by atoms with van der Waals surface area (Å²) in [6.45, 7) is 7.51. The molecule has 3 heterocycles. The molecule has 10 heteroatoms. The molecule has 1 N–H and O–H groups in total. The lowest BCUT2D eigenvalue weighted by molar-refractivity contribution is 0.330. The van der Waals surface area contributed by atoms with Crippen molar-refractivity contribution in [2.45, 2.75) is 58.8 Å². The molecule has 0 atom stereocenters. The number of fused-ring (bicyclic) bond motifs is 1. The molecule has 0 bridgehead atoms. The van der Waals surface area contributed by atoms with Crippen molar-refractivity contribution in [1.29, 1.82) is 0 Å². The summed E-state index contributed by atoms with van der Waals surface area (Å²) in [5, 5.41) is 3.96. The van der Waals surface area contributed by atoms with Gasteiger partial charge < -0.3 is 29.0 Å². The minimum atomic E-state index is -0.145. The van der Waals surface area contributed by atoms with Crippen molar-refractivity contribution in [1.82, 2.24) is 19.4 Å². The van der Waals surface area contributed by atoms with E-state index >= 15 is 0 Å². The molecule has 0 radical (unpaired) electrons. The van der Waals surface area contributed by atoms with Crippen molar-refractivity contribution in [2.24, 2.45) is 0 Å². The number of hydrogen-bond donors (Lipinski definition) is 1. The largest absolute Gasteiger partial charge is 0.497 e. The smallest absolute Gasteiger partial charge is 0.264 e. The van der Waals surface area contributed by atoms with E-state index in [9.17, 15) is 4.79 Å². The monoisotopic (exact) mass is 676 g/mol. The molecule has 0 saturated carbocycles. The lowest BCUT2D eigenvalue weighted by atomic mass is 10.1. The molecule has 0 spiro atoms. The number of unbranched alkanes of at least 4 members (excludes halogenated alkanes) is 1. The highest BCUT2D eigenvalue weighted by atomic mass is 16.5. The van der Waals surface area contributed by atoms with Crippen LogP contribution in [0, 0.1) is 0 Å². The highest BCUT2D eigenvalue weighted by Gasteiger charge is 2.20. The Morgan fingerprint density at radius 1 is 0.780 bits per heavy atom. The molecule has 5 aromatic rings. The maximum Gasteiger partial charge on any atom is 0.264 e. The number of nitrogens with one attached hydrogen (secondary N) is 1. The number of benzene rings is 3. The Bertz CT molecular complexity index is 1870. The van der Waals surface area contributed by atoms with Gasteiger partial charge in [-0.3, -0.25) is 9.69 Å². The highest BCUT2D eigenvalue weighted by molar-refractivity contribution is 5.89. The molecule has 0 amide bonds. The third kappa shape index (κ3) is 8.37. The Morgan fingerprint density at radius 3 is 2.02 bits per heavy atom. The molecular weight excluding hydrogens is 628 g/mol. The molecule has 6 rings (SSSR count). The second-order valence-electron chi connectivity index (χ2n) is 12.8. The molecule has 1 aliphatic heterocycles. The van der Waals surface area contributed by atoms with Crippen LogP contribution in [-0.4, -0.2) is 60.4 Å². The van der Waals surface area contributed by atoms with Crippen LogP contribution < -0.4 is 30.0 Å². The minimum absolute atomic E-state index is 0.145. The first-order valence-corrected chi connectivity index (χ1v) is 17.5. The van der Waals surface area contributed by atoms with Crippen LogP contribution in [0.25, 0.3) is 10.9 Å². The van der Waals surface area contributed by atoms with Gasteiger partial charge in [0, 0.05) is 37.9 Å². The average Bonchev–Trinajstić information content (AvgIpc) is 3.66. The molecular formula is C40H48N6O4. The fraction of sp³-hybridized carbons (Fsp3) is 0.375.